The second-order valence-electron chi connectivity index (χ2n) is 3.62. The van der Waals surface area contributed by atoms with E-state index in [4.69, 9.17) is 5.11 Å². The van der Waals surface area contributed by atoms with Crippen LogP contribution in [0.15, 0.2) is 12.4 Å². The molecule has 0 bridgehead atoms. The van der Waals surface area contributed by atoms with Gasteiger partial charge in [-0.3, -0.25) is 0 Å². The van der Waals surface area contributed by atoms with Crippen LogP contribution in [0.25, 0.3) is 0 Å². The molecule has 0 aliphatic carbocycles. The first-order valence-electron chi connectivity index (χ1n) is 5.04. The normalized spacial score (nSPS) is 10.5. The van der Waals surface area contributed by atoms with Crippen molar-refractivity contribution in [2.45, 2.75) is 19.9 Å². The van der Waals surface area contributed by atoms with E-state index < -0.39 is 0 Å². The summed E-state index contributed by atoms with van der Waals surface area (Å²) in [6.07, 6.45) is 1.52. The van der Waals surface area contributed by atoms with Crippen LogP contribution in [-0.4, -0.2) is 41.3 Å². The molecule has 0 saturated heterocycles. The number of hydrogen-bond donors (Lipinski definition) is 2. The summed E-state index contributed by atoms with van der Waals surface area (Å²) in [4.78, 5) is 10.3. The highest BCUT2D eigenvalue weighted by molar-refractivity contribution is 5.48. The summed E-state index contributed by atoms with van der Waals surface area (Å²) >= 11 is 0. The van der Waals surface area contributed by atoms with Gasteiger partial charge in [-0.15, -0.1) is 0 Å². The fourth-order valence-corrected chi connectivity index (χ4v) is 1.09. The Balaban J connectivity index is 2.73. The maximum atomic E-state index is 8.68. The Morgan fingerprint density at radius 1 is 1.47 bits per heavy atom. The largest absolute Gasteiger partial charge is 0.395 e. The summed E-state index contributed by atoms with van der Waals surface area (Å²) in [5.74, 6) is 1.61. The van der Waals surface area contributed by atoms with Gasteiger partial charge in [0, 0.05) is 25.7 Å². The van der Waals surface area contributed by atoms with Crippen LogP contribution in [0.2, 0.25) is 0 Å². The van der Waals surface area contributed by atoms with Crippen molar-refractivity contribution >= 4 is 11.6 Å². The van der Waals surface area contributed by atoms with Crippen molar-refractivity contribution in [3.05, 3.63) is 12.4 Å². The molecule has 0 unspecified atom stereocenters. The van der Waals surface area contributed by atoms with Gasteiger partial charge in [-0.25, -0.2) is 9.97 Å². The molecule has 2 N–H and O–H groups in total. The number of aromatic nitrogens is 2. The number of rotatable bonds is 5. The Kier molecular flexibility index (Phi) is 4.30. The fraction of sp³-hybridized carbons (Fsp3) is 0.600. The summed E-state index contributed by atoms with van der Waals surface area (Å²) in [7, 11) is 1.99. The molecular formula is C10H18N4O. The molecule has 0 aromatic carbocycles. The van der Waals surface area contributed by atoms with E-state index in [-0.39, 0.29) is 6.61 Å². The monoisotopic (exact) mass is 210 g/mol. The molecule has 84 valence electrons. The minimum absolute atomic E-state index is 0.0966. The first-order chi connectivity index (χ1) is 7.15. The van der Waals surface area contributed by atoms with Gasteiger partial charge < -0.3 is 15.3 Å². The van der Waals surface area contributed by atoms with Gasteiger partial charge in [0.05, 0.1) is 6.61 Å². The summed E-state index contributed by atoms with van der Waals surface area (Å²) in [6.45, 7) is 4.80. The second-order valence-corrected chi connectivity index (χ2v) is 3.62. The van der Waals surface area contributed by atoms with E-state index in [1.165, 1.54) is 6.33 Å². The SMILES string of the molecule is CC(C)N(C)c1cc(NCCO)ncn1. The van der Waals surface area contributed by atoms with Crippen molar-refractivity contribution in [1.29, 1.82) is 0 Å². The van der Waals surface area contributed by atoms with Crippen LogP contribution >= 0.6 is 0 Å². The maximum absolute atomic E-state index is 8.68. The topological polar surface area (TPSA) is 61.3 Å². The van der Waals surface area contributed by atoms with E-state index in [0.29, 0.717) is 12.6 Å². The van der Waals surface area contributed by atoms with Crippen LogP contribution in [0, 0.1) is 0 Å². The van der Waals surface area contributed by atoms with Crippen LogP contribution in [0.4, 0.5) is 11.6 Å². The summed E-state index contributed by atoms with van der Waals surface area (Å²) in [5, 5.41) is 11.7. The zero-order valence-corrected chi connectivity index (χ0v) is 9.44. The van der Waals surface area contributed by atoms with Crippen LogP contribution < -0.4 is 10.2 Å². The van der Waals surface area contributed by atoms with E-state index in [1.54, 1.807) is 0 Å². The second kappa shape index (κ2) is 5.50. The van der Waals surface area contributed by atoms with Gasteiger partial charge in [-0.1, -0.05) is 0 Å². The van der Waals surface area contributed by atoms with Gasteiger partial charge in [0.1, 0.15) is 18.0 Å². The molecule has 15 heavy (non-hydrogen) atoms. The van der Waals surface area contributed by atoms with Crippen LogP contribution in [0.3, 0.4) is 0 Å². The molecule has 0 aliphatic rings. The third kappa shape index (κ3) is 3.36. The highest BCUT2D eigenvalue weighted by atomic mass is 16.3. The third-order valence-corrected chi connectivity index (χ3v) is 2.21. The number of hydrogen-bond acceptors (Lipinski definition) is 5. The zero-order chi connectivity index (χ0) is 11.3. The smallest absolute Gasteiger partial charge is 0.134 e. The number of anilines is 2. The van der Waals surface area contributed by atoms with Gasteiger partial charge in [-0.05, 0) is 13.8 Å². The summed E-state index contributed by atoms with van der Waals surface area (Å²) in [5.41, 5.74) is 0. The molecule has 0 fully saturated rings. The van der Waals surface area contributed by atoms with Crippen LogP contribution in [0.5, 0.6) is 0 Å². The van der Waals surface area contributed by atoms with Gasteiger partial charge in [0.15, 0.2) is 0 Å². The molecule has 0 atom stereocenters. The lowest BCUT2D eigenvalue weighted by atomic mass is 10.3. The standard InChI is InChI=1S/C10H18N4O/c1-8(2)14(3)10-6-9(11-4-5-15)12-7-13-10/h6-8,15H,4-5H2,1-3H3,(H,11,12,13). The zero-order valence-electron chi connectivity index (χ0n) is 9.44. The summed E-state index contributed by atoms with van der Waals surface area (Å²) < 4.78 is 0. The lowest BCUT2D eigenvalue weighted by Crippen LogP contribution is -2.26. The molecule has 0 aliphatic heterocycles. The molecule has 0 saturated carbocycles. The Morgan fingerprint density at radius 3 is 2.80 bits per heavy atom. The molecule has 0 spiro atoms. The maximum Gasteiger partial charge on any atom is 0.134 e. The lowest BCUT2D eigenvalue weighted by Gasteiger charge is -2.22. The van der Waals surface area contributed by atoms with Crippen molar-refractivity contribution in [3.63, 3.8) is 0 Å². The number of aliphatic hydroxyl groups excluding tert-OH is 1. The van der Waals surface area contributed by atoms with Crippen LogP contribution in [0.1, 0.15) is 13.8 Å². The van der Waals surface area contributed by atoms with Gasteiger partial charge in [0.2, 0.25) is 0 Å². The number of nitrogens with one attached hydrogen (secondary N) is 1. The average Bonchev–Trinajstić information content (AvgIpc) is 2.25. The predicted octanol–water partition coefficient (Wildman–Crippen LogP) is 0.725. The van der Waals surface area contributed by atoms with Gasteiger partial charge in [0.25, 0.3) is 0 Å². The Labute approximate surface area is 90.2 Å². The molecule has 1 rings (SSSR count). The Hall–Kier alpha value is -1.36. The summed E-state index contributed by atoms with van der Waals surface area (Å²) in [6, 6.07) is 2.26. The highest BCUT2D eigenvalue weighted by Gasteiger charge is 2.06. The number of aliphatic hydroxyl groups is 1. The third-order valence-electron chi connectivity index (χ3n) is 2.21. The Bertz CT molecular complexity index is 303. The lowest BCUT2D eigenvalue weighted by molar-refractivity contribution is 0.311. The number of nitrogens with zero attached hydrogens (tertiary/aromatic N) is 3. The molecule has 1 heterocycles. The molecule has 5 nitrogen and oxygen atoms in total. The van der Waals surface area contributed by atoms with Crippen molar-refractivity contribution in [2.75, 3.05) is 30.4 Å². The van der Waals surface area contributed by atoms with E-state index >= 15 is 0 Å². The average molecular weight is 210 g/mol. The van der Waals surface area contributed by atoms with E-state index in [9.17, 15) is 0 Å². The van der Waals surface area contributed by atoms with Gasteiger partial charge >= 0.3 is 0 Å². The minimum Gasteiger partial charge on any atom is -0.395 e. The molecule has 1 aromatic heterocycles. The molecule has 5 heteroatoms. The molecule has 0 radical (unpaired) electrons. The highest BCUT2D eigenvalue weighted by Crippen LogP contribution is 2.14. The van der Waals surface area contributed by atoms with Gasteiger partial charge in [-0.2, -0.15) is 0 Å². The fourth-order valence-electron chi connectivity index (χ4n) is 1.09. The molecule has 1 aromatic rings. The van der Waals surface area contributed by atoms with E-state index in [2.05, 4.69) is 34.0 Å². The first-order valence-corrected chi connectivity index (χ1v) is 5.04. The van der Waals surface area contributed by atoms with E-state index in [1.807, 2.05) is 13.1 Å². The predicted molar refractivity (Wildman–Crippen MR) is 61.1 cm³/mol. The minimum atomic E-state index is 0.0966. The first kappa shape index (κ1) is 11.7. The Morgan fingerprint density at radius 2 is 2.20 bits per heavy atom. The molecule has 0 amide bonds. The van der Waals surface area contributed by atoms with Crippen molar-refractivity contribution in [3.8, 4) is 0 Å². The van der Waals surface area contributed by atoms with E-state index in [0.717, 1.165) is 11.6 Å². The van der Waals surface area contributed by atoms with Crippen molar-refractivity contribution in [1.82, 2.24) is 9.97 Å². The van der Waals surface area contributed by atoms with Crippen LogP contribution in [-0.2, 0) is 0 Å². The molecular weight excluding hydrogens is 192 g/mol. The van der Waals surface area contributed by atoms with Crippen molar-refractivity contribution in [2.24, 2.45) is 0 Å². The van der Waals surface area contributed by atoms with Crippen molar-refractivity contribution < 1.29 is 5.11 Å². The quantitative estimate of drug-likeness (QED) is 0.750.